The lowest BCUT2D eigenvalue weighted by molar-refractivity contribution is -0.116. The highest BCUT2D eigenvalue weighted by molar-refractivity contribution is 7.89. The molecule has 0 aliphatic carbocycles. The quantitative estimate of drug-likeness (QED) is 0.795. The van der Waals surface area contributed by atoms with E-state index in [1.165, 1.54) is 6.92 Å². The highest BCUT2D eigenvalue weighted by Crippen LogP contribution is 2.27. The number of rotatable bonds is 8. The largest absolute Gasteiger partial charge is 0.311 e. The fraction of sp³-hybridized carbons (Fsp3) is 0.562. The first-order valence-electron chi connectivity index (χ1n) is 7.72. The summed E-state index contributed by atoms with van der Waals surface area (Å²) in [6.45, 7) is 7.76. The van der Waals surface area contributed by atoms with E-state index < -0.39 is 10.0 Å². The molecule has 0 aliphatic rings. The predicted octanol–water partition coefficient (Wildman–Crippen LogP) is 2.10. The average Bonchev–Trinajstić information content (AvgIpc) is 2.50. The molecule has 0 atom stereocenters. The first-order chi connectivity index (χ1) is 10.4. The Morgan fingerprint density at radius 2 is 1.68 bits per heavy atom. The lowest BCUT2D eigenvalue weighted by Crippen LogP contribution is -2.39. The zero-order valence-electron chi connectivity index (χ0n) is 13.8. The number of hydrogen-bond acceptors (Lipinski definition) is 3. The third kappa shape index (κ3) is 4.81. The van der Waals surface area contributed by atoms with E-state index in [4.69, 9.17) is 0 Å². The summed E-state index contributed by atoms with van der Waals surface area (Å²) in [5.41, 5.74) is 3.14. The summed E-state index contributed by atoms with van der Waals surface area (Å²) in [5, 5.41) is 0. The van der Waals surface area contributed by atoms with Gasteiger partial charge in [-0.3, -0.25) is 4.79 Å². The van der Waals surface area contributed by atoms with E-state index >= 15 is 0 Å². The molecule has 6 heteroatoms. The third-order valence-corrected chi connectivity index (χ3v) is 5.06. The number of aryl methyl sites for hydroxylation is 2. The van der Waals surface area contributed by atoms with Gasteiger partial charge in [0.1, 0.15) is 0 Å². The van der Waals surface area contributed by atoms with E-state index in [1.54, 1.807) is 11.8 Å². The van der Waals surface area contributed by atoms with Gasteiger partial charge >= 0.3 is 0 Å². The summed E-state index contributed by atoms with van der Waals surface area (Å²) in [7, 11) is -3.24. The van der Waals surface area contributed by atoms with Crippen molar-refractivity contribution in [2.45, 2.75) is 40.5 Å². The van der Waals surface area contributed by atoms with Gasteiger partial charge in [-0.25, -0.2) is 13.1 Å². The van der Waals surface area contributed by atoms with Crippen molar-refractivity contribution in [2.75, 3.05) is 23.7 Å². The summed E-state index contributed by atoms with van der Waals surface area (Å²) >= 11 is 0. The zero-order valence-corrected chi connectivity index (χ0v) is 14.7. The number of nitrogens with zero attached hydrogens (tertiary/aromatic N) is 1. The SMILES string of the molecule is CCc1cccc(CC)c1N(CCNS(=O)(=O)CC)C(C)=O. The van der Waals surface area contributed by atoms with Crippen LogP contribution in [0.3, 0.4) is 0 Å². The molecule has 1 aromatic carbocycles. The Bertz CT molecular complexity index is 590. The van der Waals surface area contributed by atoms with E-state index in [-0.39, 0.29) is 18.2 Å². The second kappa shape index (κ2) is 8.29. The average molecular weight is 326 g/mol. The molecule has 0 unspecified atom stereocenters. The zero-order chi connectivity index (χ0) is 16.8. The van der Waals surface area contributed by atoms with Crippen molar-refractivity contribution in [2.24, 2.45) is 0 Å². The number of hydrogen-bond donors (Lipinski definition) is 1. The van der Waals surface area contributed by atoms with E-state index in [0.717, 1.165) is 29.7 Å². The van der Waals surface area contributed by atoms with Gasteiger partial charge in [-0.2, -0.15) is 0 Å². The molecule has 0 aromatic heterocycles. The number of nitrogens with one attached hydrogen (secondary N) is 1. The smallest absolute Gasteiger partial charge is 0.223 e. The van der Waals surface area contributed by atoms with Crippen LogP contribution in [0.1, 0.15) is 38.8 Å². The first kappa shape index (κ1) is 18.6. The minimum Gasteiger partial charge on any atom is -0.311 e. The minimum absolute atomic E-state index is 0.0405. The Labute approximate surface area is 133 Å². The molecule has 0 saturated carbocycles. The molecular formula is C16H26N2O3S. The molecule has 0 aliphatic heterocycles. The summed E-state index contributed by atoms with van der Waals surface area (Å²) in [6, 6.07) is 6.03. The number of anilines is 1. The predicted molar refractivity (Wildman–Crippen MR) is 90.7 cm³/mol. The topological polar surface area (TPSA) is 66.5 Å². The second-order valence-electron chi connectivity index (χ2n) is 5.10. The lowest BCUT2D eigenvalue weighted by atomic mass is 10.0. The van der Waals surface area contributed by atoms with Crippen LogP contribution in [0.2, 0.25) is 0 Å². The molecule has 1 N–H and O–H groups in total. The van der Waals surface area contributed by atoms with Gasteiger partial charge in [-0.15, -0.1) is 0 Å². The van der Waals surface area contributed by atoms with E-state index in [2.05, 4.69) is 18.6 Å². The van der Waals surface area contributed by atoms with E-state index in [1.807, 2.05) is 18.2 Å². The van der Waals surface area contributed by atoms with Crippen molar-refractivity contribution in [3.8, 4) is 0 Å². The number of sulfonamides is 1. The van der Waals surface area contributed by atoms with Crippen molar-refractivity contribution in [3.63, 3.8) is 0 Å². The van der Waals surface area contributed by atoms with Crippen LogP contribution in [0.25, 0.3) is 0 Å². The van der Waals surface area contributed by atoms with Gasteiger partial charge in [-0.1, -0.05) is 32.0 Å². The summed E-state index contributed by atoms with van der Waals surface area (Å²) in [4.78, 5) is 13.7. The molecule has 1 rings (SSSR count). The fourth-order valence-corrected chi connectivity index (χ4v) is 3.01. The standard InChI is InChI=1S/C16H26N2O3S/c1-5-14-9-8-10-15(6-2)16(14)18(13(4)19)12-11-17-22(20,21)7-3/h8-10,17H,5-7,11-12H2,1-4H3. The molecule has 0 spiro atoms. The number of para-hydroxylation sites is 1. The third-order valence-electron chi connectivity index (χ3n) is 3.65. The van der Waals surface area contributed by atoms with Crippen LogP contribution in [0.5, 0.6) is 0 Å². The molecule has 124 valence electrons. The number of carbonyl (C=O) groups is 1. The molecule has 0 saturated heterocycles. The van der Waals surface area contributed by atoms with Crippen LogP contribution in [0.15, 0.2) is 18.2 Å². The Balaban J connectivity index is 3.04. The van der Waals surface area contributed by atoms with Crippen molar-refractivity contribution in [3.05, 3.63) is 29.3 Å². The first-order valence-corrected chi connectivity index (χ1v) is 9.37. The summed E-state index contributed by atoms with van der Waals surface area (Å²) < 4.78 is 25.6. The van der Waals surface area contributed by atoms with E-state index in [0.29, 0.717) is 6.54 Å². The van der Waals surface area contributed by atoms with Gasteiger partial charge in [0.2, 0.25) is 15.9 Å². The lowest BCUT2D eigenvalue weighted by Gasteiger charge is -2.26. The fourth-order valence-electron chi connectivity index (χ4n) is 2.40. The maximum absolute atomic E-state index is 12.1. The molecule has 0 bridgehead atoms. The Kier molecular flexibility index (Phi) is 7.03. The minimum atomic E-state index is -3.24. The number of amides is 1. The maximum Gasteiger partial charge on any atom is 0.223 e. The van der Waals surface area contributed by atoms with Gasteiger partial charge in [0.05, 0.1) is 11.4 Å². The van der Waals surface area contributed by atoms with Crippen LogP contribution in [0, 0.1) is 0 Å². The van der Waals surface area contributed by atoms with Crippen LogP contribution < -0.4 is 9.62 Å². The van der Waals surface area contributed by atoms with Crippen molar-refractivity contribution >= 4 is 21.6 Å². The van der Waals surface area contributed by atoms with Crippen molar-refractivity contribution in [1.29, 1.82) is 0 Å². The van der Waals surface area contributed by atoms with Crippen LogP contribution in [-0.4, -0.2) is 33.2 Å². The normalized spacial score (nSPS) is 11.5. The van der Waals surface area contributed by atoms with Gasteiger partial charge in [0.15, 0.2) is 0 Å². The Morgan fingerprint density at radius 1 is 1.14 bits per heavy atom. The second-order valence-corrected chi connectivity index (χ2v) is 7.20. The molecule has 1 amide bonds. The molecule has 0 fully saturated rings. The van der Waals surface area contributed by atoms with Crippen LogP contribution in [-0.2, 0) is 27.7 Å². The summed E-state index contributed by atoms with van der Waals surface area (Å²) in [5.74, 6) is -0.0370. The Morgan fingerprint density at radius 3 is 2.09 bits per heavy atom. The molecular weight excluding hydrogens is 300 g/mol. The van der Waals surface area contributed by atoms with Crippen LogP contribution >= 0.6 is 0 Å². The van der Waals surface area contributed by atoms with Gasteiger partial charge in [0, 0.05) is 20.0 Å². The van der Waals surface area contributed by atoms with Gasteiger partial charge in [0.25, 0.3) is 0 Å². The number of benzene rings is 1. The van der Waals surface area contributed by atoms with Gasteiger partial charge < -0.3 is 4.90 Å². The monoisotopic (exact) mass is 326 g/mol. The highest BCUT2D eigenvalue weighted by atomic mass is 32.2. The van der Waals surface area contributed by atoms with E-state index in [9.17, 15) is 13.2 Å². The molecule has 22 heavy (non-hydrogen) atoms. The molecule has 0 heterocycles. The Hall–Kier alpha value is -1.40. The highest BCUT2D eigenvalue weighted by Gasteiger charge is 2.18. The van der Waals surface area contributed by atoms with Crippen molar-refractivity contribution < 1.29 is 13.2 Å². The maximum atomic E-state index is 12.1. The van der Waals surface area contributed by atoms with Gasteiger partial charge in [-0.05, 0) is 30.9 Å². The number of carbonyl (C=O) groups excluding carboxylic acids is 1. The molecule has 1 aromatic rings. The summed E-state index contributed by atoms with van der Waals surface area (Å²) in [6.07, 6.45) is 1.65. The van der Waals surface area contributed by atoms with Crippen molar-refractivity contribution in [1.82, 2.24) is 4.72 Å². The van der Waals surface area contributed by atoms with Crippen LogP contribution in [0.4, 0.5) is 5.69 Å². The molecule has 5 nitrogen and oxygen atoms in total. The molecule has 0 radical (unpaired) electrons.